The molecule has 0 bridgehead atoms. The highest BCUT2D eigenvalue weighted by Gasteiger charge is 2.44. The lowest BCUT2D eigenvalue weighted by molar-refractivity contribution is 0.389. The van der Waals surface area contributed by atoms with Crippen LogP contribution in [0.5, 0.6) is 0 Å². The third-order valence-corrected chi connectivity index (χ3v) is 47.7. The maximum Gasteiger partial charge on any atom is 0.0967 e. The molecule has 8 rings (SSSR count). The molecule has 0 saturated heterocycles. The number of hydrogen-bond donors (Lipinski definition) is 0. The fraction of sp³-hybridized carbons (Fsp3) is 0.571. The standard InChI is InChI=1S/C56H82S4Si4/c1-31(53(5,6)7)61(17,18)43-27-37-39-29-45(63(21,22)33(3)55(11,12)13)59-51(39)47-36-26-42-48(35(36)25-41(47)49(37)57-43)52-40(30-46(60-52)64(23,24)34(4)56(14,15)16)38-28-44(58-50(38)42)62(19,20)32(2)54(8,9)10/h25-34H,1-24H3. The Labute approximate surface area is 408 Å². The Bertz CT molecular complexity index is 2950. The molecule has 4 aromatic heterocycles. The highest BCUT2D eigenvalue weighted by Crippen LogP contribution is 2.46. The van der Waals surface area contributed by atoms with Crippen LogP contribution in [0.15, 0.2) is 24.3 Å². The summed E-state index contributed by atoms with van der Waals surface area (Å²) in [5.41, 5.74) is 6.71. The zero-order valence-corrected chi connectivity index (χ0v) is 51.7. The van der Waals surface area contributed by atoms with E-state index < -0.39 is 32.3 Å². The number of fused-ring (bicyclic) bond motifs is 13. The van der Waals surface area contributed by atoms with Gasteiger partial charge in [-0.15, -0.1) is 45.3 Å². The first-order chi connectivity index (χ1) is 28.9. The Morgan fingerprint density at radius 2 is 0.547 bits per heavy atom. The molecular weight excluding hydrogens is 913 g/mol. The molecule has 8 heteroatoms. The summed E-state index contributed by atoms with van der Waals surface area (Å²) in [6, 6.07) is 10.8. The smallest absolute Gasteiger partial charge is 0.0967 e. The fourth-order valence-electron chi connectivity index (χ4n) is 11.7. The van der Waals surface area contributed by atoms with Crippen molar-refractivity contribution in [3.8, 4) is 0 Å². The van der Waals surface area contributed by atoms with Crippen molar-refractivity contribution in [2.75, 3.05) is 0 Å². The van der Waals surface area contributed by atoms with Crippen molar-refractivity contribution in [3.05, 3.63) is 45.1 Å². The van der Waals surface area contributed by atoms with E-state index in [0.717, 1.165) is 0 Å². The molecule has 0 spiro atoms. The van der Waals surface area contributed by atoms with Gasteiger partial charge in [0, 0.05) is 61.2 Å². The van der Waals surface area contributed by atoms with Crippen LogP contribution in [0.25, 0.3) is 63.6 Å². The Morgan fingerprint density at radius 3 is 0.766 bits per heavy atom. The molecule has 0 N–H and O–H groups in total. The van der Waals surface area contributed by atoms with Crippen LogP contribution >= 0.6 is 45.3 Å². The van der Waals surface area contributed by atoms with Crippen LogP contribution in [-0.4, -0.2) is 32.3 Å². The van der Waals surface area contributed by atoms with Gasteiger partial charge in [0.15, 0.2) is 0 Å². The fourth-order valence-corrected chi connectivity index (χ4v) is 35.6. The van der Waals surface area contributed by atoms with Crippen molar-refractivity contribution < 1.29 is 0 Å². The van der Waals surface area contributed by atoms with Crippen LogP contribution in [0.4, 0.5) is 0 Å². The van der Waals surface area contributed by atoms with E-state index in [2.05, 4.69) is 245 Å². The SMILES string of the molecule is CC(C(C)(C)C)[Si](C)(C)c1cc2c(s1)c1c(c3sc([Si](C)(C)C(C)C(C)(C)C)cc32)=C2C=c3c(c4sc([Si](C)(C)C(C)C(C)(C)C)cc4c4cc([Si](C)(C)C(C)C(C)(C)C)sc34)=C2C=1. The molecule has 346 valence electrons. The van der Waals surface area contributed by atoms with E-state index in [-0.39, 0.29) is 21.7 Å². The number of benzene rings is 2. The lowest BCUT2D eigenvalue weighted by Crippen LogP contribution is -2.47. The molecule has 64 heavy (non-hydrogen) atoms. The Hall–Kier alpha value is -1.37. The average molecular weight is 996 g/mol. The van der Waals surface area contributed by atoms with Gasteiger partial charge in [0.05, 0.1) is 32.3 Å². The van der Waals surface area contributed by atoms with E-state index in [0.29, 0.717) is 22.2 Å². The van der Waals surface area contributed by atoms with E-state index in [1.807, 2.05) is 0 Å². The van der Waals surface area contributed by atoms with Crippen molar-refractivity contribution in [2.45, 2.75) is 185 Å². The van der Waals surface area contributed by atoms with Gasteiger partial charge in [-0.3, -0.25) is 0 Å². The predicted molar refractivity (Wildman–Crippen MR) is 313 cm³/mol. The number of thiophene rings is 4. The Kier molecular flexibility index (Phi) is 11.5. The minimum atomic E-state index is -1.83. The molecule has 0 aliphatic heterocycles. The van der Waals surface area contributed by atoms with Crippen LogP contribution in [0.1, 0.15) is 111 Å². The van der Waals surface area contributed by atoms with Crippen molar-refractivity contribution in [1.82, 2.24) is 0 Å². The van der Waals surface area contributed by atoms with Gasteiger partial charge in [0.2, 0.25) is 0 Å². The quantitative estimate of drug-likeness (QED) is 0.133. The first-order valence-electron chi connectivity index (χ1n) is 24.5. The van der Waals surface area contributed by atoms with Crippen LogP contribution in [-0.2, 0) is 0 Å². The number of rotatable bonds is 8. The monoisotopic (exact) mass is 994 g/mol. The average Bonchev–Trinajstić information content (AvgIpc) is 3.99. The van der Waals surface area contributed by atoms with Gasteiger partial charge >= 0.3 is 0 Å². The molecule has 6 aromatic rings. The molecule has 0 fully saturated rings. The lowest BCUT2D eigenvalue weighted by atomic mass is 9.93. The predicted octanol–water partition coefficient (Wildman–Crippen LogP) is 14.5. The molecule has 0 saturated carbocycles. The third kappa shape index (κ3) is 7.40. The number of hydrogen-bond acceptors (Lipinski definition) is 4. The maximum absolute atomic E-state index is 2.72. The second-order valence-corrected chi connectivity index (χ2v) is 52.4. The summed E-state index contributed by atoms with van der Waals surface area (Å²) in [7, 11) is -7.30. The van der Waals surface area contributed by atoms with E-state index in [4.69, 9.17) is 0 Å². The largest absolute Gasteiger partial charge is 0.144 e. The summed E-state index contributed by atoms with van der Waals surface area (Å²) >= 11 is 8.69. The first kappa shape index (κ1) is 49.1. The first-order valence-corrected chi connectivity index (χ1v) is 40.0. The van der Waals surface area contributed by atoms with Crippen molar-refractivity contribution in [1.29, 1.82) is 0 Å². The molecule has 4 atom stereocenters. The van der Waals surface area contributed by atoms with Gasteiger partial charge < -0.3 is 0 Å². The van der Waals surface area contributed by atoms with Gasteiger partial charge in [-0.25, -0.2) is 0 Å². The zero-order valence-electron chi connectivity index (χ0n) is 44.4. The van der Waals surface area contributed by atoms with Crippen LogP contribution in [0.2, 0.25) is 74.5 Å². The second kappa shape index (κ2) is 15.1. The van der Waals surface area contributed by atoms with Gasteiger partial charge in [0.25, 0.3) is 0 Å². The maximum atomic E-state index is 2.72. The zero-order chi connectivity index (χ0) is 47.8. The molecule has 0 nitrogen and oxygen atoms in total. The van der Waals surface area contributed by atoms with E-state index in [9.17, 15) is 0 Å². The molecule has 0 amide bonds. The topological polar surface area (TPSA) is 0 Å². The lowest BCUT2D eigenvalue weighted by Gasteiger charge is -2.38. The highest BCUT2D eigenvalue weighted by atomic mass is 32.1. The minimum absolute atomic E-state index is 0.266. The highest BCUT2D eigenvalue weighted by molar-refractivity contribution is 7.34. The van der Waals surface area contributed by atoms with E-state index in [1.54, 1.807) is 27.4 Å². The van der Waals surface area contributed by atoms with Crippen LogP contribution < -0.4 is 38.9 Å². The normalized spacial score (nSPS) is 17.6. The summed E-state index contributed by atoms with van der Waals surface area (Å²) in [6.07, 6.45) is 5.41. The molecule has 4 unspecified atom stereocenters. The summed E-state index contributed by atoms with van der Waals surface area (Å²) in [4.78, 5) is 0. The molecule has 0 radical (unpaired) electrons. The Morgan fingerprint density at radius 1 is 0.344 bits per heavy atom. The second-order valence-electron chi connectivity index (χ2n) is 27.3. The van der Waals surface area contributed by atoms with Gasteiger partial charge in [-0.1, -0.05) is 163 Å². The van der Waals surface area contributed by atoms with Crippen LogP contribution in [0, 0.1) is 21.7 Å². The van der Waals surface area contributed by atoms with Gasteiger partial charge in [-0.2, -0.15) is 0 Å². The van der Waals surface area contributed by atoms with E-state index >= 15 is 0 Å². The van der Waals surface area contributed by atoms with Crippen LogP contribution in [0.3, 0.4) is 0 Å². The van der Waals surface area contributed by atoms with Crippen molar-refractivity contribution in [3.63, 3.8) is 0 Å². The molecule has 2 aliphatic rings. The summed E-state index contributed by atoms with van der Waals surface area (Å²) in [6.45, 7) is 61.0. The van der Waals surface area contributed by atoms with E-state index in [1.165, 1.54) is 63.0 Å². The molecule has 2 aliphatic carbocycles. The van der Waals surface area contributed by atoms with Crippen molar-refractivity contribution in [2.24, 2.45) is 21.7 Å². The van der Waals surface area contributed by atoms with Crippen molar-refractivity contribution >= 4 is 159 Å². The third-order valence-electron chi connectivity index (χ3n) is 18.5. The Balaban J connectivity index is 1.53. The molecule has 2 aromatic carbocycles. The minimum Gasteiger partial charge on any atom is -0.144 e. The van der Waals surface area contributed by atoms with Gasteiger partial charge in [-0.05, 0) is 109 Å². The summed E-state index contributed by atoms with van der Waals surface area (Å²) in [5.74, 6) is 0. The van der Waals surface area contributed by atoms with Gasteiger partial charge in [0.1, 0.15) is 0 Å². The molecule has 4 heterocycles. The molecular formula is C56H82S4Si4. The summed E-state index contributed by atoms with van der Waals surface area (Å²) in [5, 5.41) is 12.2. The summed E-state index contributed by atoms with van der Waals surface area (Å²) < 4.78 is 12.9.